The molecule has 1 aliphatic rings. The van der Waals surface area contributed by atoms with Crippen LogP contribution in [0.2, 0.25) is 0 Å². The Morgan fingerprint density at radius 3 is 3.00 bits per heavy atom. The maximum Gasteiger partial charge on any atom is 0.173 e. The topological polar surface area (TPSA) is 57.1 Å². The van der Waals surface area contributed by atoms with E-state index in [4.69, 9.17) is 4.42 Å². The quantitative estimate of drug-likeness (QED) is 0.831. The van der Waals surface area contributed by atoms with Crippen molar-refractivity contribution in [2.75, 3.05) is 26.2 Å². The predicted molar refractivity (Wildman–Crippen MR) is 64.4 cm³/mol. The van der Waals surface area contributed by atoms with Gasteiger partial charge in [-0.3, -0.25) is 4.90 Å². The molecule has 17 heavy (non-hydrogen) atoms. The largest absolute Gasteiger partial charge is 0.461 e. The summed E-state index contributed by atoms with van der Waals surface area (Å²) >= 11 is 0. The first kappa shape index (κ1) is 10.6. The summed E-state index contributed by atoms with van der Waals surface area (Å²) in [5, 5.41) is 3.35. The number of furan rings is 1. The highest BCUT2D eigenvalue weighted by molar-refractivity contribution is 5.46. The monoisotopic (exact) mass is 232 g/mol. The summed E-state index contributed by atoms with van der Waals surface area (Å²) in [5.74, 6) is 1.59. The molecule has 5 heteroatoms. The standard InChI is InChI=1S/C12H16N4O/c1-2-11(17-7-1)12-14-8-10(15-12)9-16-5-3-13-4-6-16/h1-2,7-8,13H,3-6,9H2,(H,14,15). The van der Waals surface area contributed by atoms with E-state index in [0.717, 1.165) is 50.0 Å². The molecular weight excluding hydrogens is 216 g/mol. The Balaban J connectivity index is 1.68. The van der Waals surface area contributed by atoms with Crippen LogP contribution in [0.5, 0.6) is 0 Å². The summed E-state index contributed by atoms with van der Waals surface area (Å²) in [5.41, 5.74) is 1.14. The molecule has 0 atom stereocenters. The molecule has 0 aliphatic carbocycles. The molecule has 0 saturated carbocycles. The maximum absolute atomic E-state index is 5.31. The smallest absolute Gasteiger partial charge is 0.173 e. The molecule has 2 aromatic rings. The van der Waals surface area contributed by atoms with Gasteiger partial charge in [0.1, 0.15) is 0 Å². The van der Waals surface area contributed by atoms with Gasteiger partial charge in [-0.2, -0.15) is 0 Å². The number of piperazine rings is 1. The zero-order valence-electron chi connectivity index (χ0n) is 9.65. The van der Waals surface area contributed by atoms with Gasteiger partial charge in [-0.1, -0.05) is 0 Å². The zero-order valence-corrected chi connectivity index (χ0v) is 9.65. The van der Waals surface area contributed by atoms with E-state index in [2.05, 4.69) is 20.2 Å². The minimum absolute atomic E-state index is 0.788. The second-order valence-electron chi connectivity index (χ2n) is 4.26. The molecule has 3 rings (SSSR count). The van der Waals surface area contributed by atoms with Crippen LogP contribution in [0.25, 0.3) is 11.6 Å². The fourth-order valence-corrected chi connectivity index (χ4v) is 2.09. The molecule has 2 N–H and O–H groups in total. The lowest BCUT2D eigenvalue weighted by Crippen LogP contribution is -2.42. The highest BCUT2D eigenvalue weighted by atomic mass is 16.3. The molecule has 90 valence electrons. The van der Waals surface area contributed by atoms with Gasteiger partial charge in [0.05, 0.1) is 12.5 Å². The number of aromatic amines is 1. The van der Waals surface area contributed by atoms with Gasteiger partial charge in [0, 0.05) is 38.4 Å². The van der Waals surface area contributed by atoms with Gasteiger partial charge < -0.3 is 14.7 Å². The third kappa shape index (κ3) is 2.40. The Hall–Kier alpha value is -1.59. The van der Waals surface area contributed by atoms with E-state index in [-0.39, 0.29) is 0 Å². The maximum atomic E-state index is 5.31. The molecule has 0 spiro atoms. The Morgan fingerprint density at radius 2 is 2.24 bits per heavy atom. The van der Waals surface area contributed by atoms with Gasteiger partial charge in [0.25, 0.3) is 0 Å². The number of hydrogen-bond donors (Lipinski definition) is 2. The molecule has 1 fully saturated rings. The third-order valence-electron chi connectivity index (χ3n) is 2.99. The minimum atomic E-state index is 0.788. The molecule has 1 saturated heterocycles. The SMILES string of the molecule is c1coc(-c2ncc(CN3CCNCC3)[nH]2)c1. The van der Waals surface area contributed by atoms with Crippen LogP contribution in [0, 0.1) is 0 Å². The van der Waals surface area contributed by atoms with Crippen molar-refractivity contribution in [2.45, 2.75) is 6.54 Å². The van der Waals surface area contributed by atoms with E-state index in [9.17, 15) is 0 Å². The summed E-state index contributed by atoms with van der Waals surface area (Å²) < 4.78 is 5.31. The molecule has 0 bridgehead atoms. The number of rotatable bonds is 3. The van der Waals surface area contributed by atoms with Gasteiger partial charge >= 0.3 is 0 Å². The second kappa shape index (κ2) is 4.73. The summed E-state index contributed by atoms with van der Waals surface area (Å²) in [6.07, 6.45) is 3.55. The van der Waals surface area contributed by atoms with Crippen molar-refractivity contribution < 1.29 is 4.42 Å². The van der Waals surface area contributed by atoms with Crippen molar-refractivity contribution >= 4 is 0 Å². The number of aromatic nitrogens is 2. The van der Waals surface area contributed by atoms with Crippen molar-refractivity contribution in [3.05, 3.63) is 30.3 Å². The average Bonchev–Trinajstić information content (AvgIpc) is 3.00. The van der Waals surface area contributed by atoms with E-state index in [1.54, 1.807) is 6.26 Å². The first-order valence-corrected chi connectivity index (χ1v) is 5.92. The molecular formula is C12H16N4O. The van der Waals surface area contributed by atoms with Crippen molar-refractivity contribution in [2.24, 2.45) is 0 Å². The molecule has 2 aromatic heterocycles. The van der Waals surface area contributed by atoms with Crippen LogP contribution in [0.15, 0.2) is 29.0 Å². The lowest BCUT2D eigenvalue weighted by Gasteiger charge is -2.26. The minimum Gasteiger partial charge on any atom is -0.461 e. The van der Waals surface area contributed by atoms with E-state index in [1.165, 1.54) is 0 Å². The molecule has 0 unspecified atom stereocenters. The predicted octanol–water partition coefficient (Wildman–Crippen LogP) is 1.07. The van der Waals surface area contributed by atoms with Crippen molar-refractivity contribution in [3.8, 4) is 11.6 Å². The van der Waals surface area contributed by atoms with Crippen LogP contribution in [0.3, 0.4) is 0 Å². The summed E-state index contributed by atoms with van der Waals surface area (Å²) in [6, 6.07) is 3.78. The van der Waals surface area contributed by atoms with Gasteiger partial charge in [-0.25, -0.2) is 4.98 Å². The van der Waals surface area contributed by atoms with Crippen molar-refractivity contribution in [3.63, 3.8) is 0 Å². The Kier molecular flexibility index (Phi) is 2.94. The summed E-state index contributed by atoms with van der Waals surface area (Å²) in [6.45, 7) is 5.25. The van der Waals surface area contributed by atoms with Crippen molar-refractivity contribution in [1.29, 1.82) is 0 Å². The van der Waals surface area contributed by atoms with Crippen LogP contribution < -0.4 is 5.32 Å². The van der Waals surface area contributed by atoms with Crippen molar-refractivity contribution in [1.82, 2.24) is 20.2 Å². The highest BCUT2D eigenvalue weighted by Crippen LogP contribution is 2.16. The van der Waals surface area contributed by atoms with Crippen LogP contribution in [0.4, 0.5) is 0 Å². The molecule has 3 heterocycles. The molecule has 5 nitrogen and oxygen atoms in total. The van der Waals surface area contributed by atoms with E-state index >= 15 is 0 Å². The van der Waals surface area contributed by atoms with Crippen LogP contribution in [-0.4, -0.2) is 41.0 Å². The Bertz CT molecular complexity index is 457. The van der Waals surface area contributed by atoms with Gasteiger partial charge in [-0.05, 0) is 12.1 Å². The normalized spacial score (nSPS) is 17.4. The average molecular weight is 232 g/mol. The number of imidazole rings is 1. The van der Waals surface area contributed by atoms with E-state index < -0.39 is 0 Å². The lowest BCUT2D eigenvalue weighted by molar-refractivity contribution is 0.231. The fourth-order valence-electron chi connectivity index (χ4n) is 2.09. The number of hydrogen-bond acceptors (Lipinski definition) is 4. The van der Waals surface area contributed by atoms with Gasteiger partial charge in [-0.15, -0.1) is 0 Å². The van der Waals surface area contributed by atoms with Gasteiger partial charge in [0.15, 0.2) is 11.6 Å². The number of nitrogens with zero attached hydrogens (tertiary/aromatic N) is 2. The lowest BCUT2D eigenvalue weighted by atomic mass is 10.3. The Labute approximate surface area is 99.8 Å². The highest BCUT2D eigenvalue weighted by Gasteiger charge is 2.12. The van der Waals surface area contributed by atoms with Crippen LogP contribution in [0.1, 0.15) is 5.69 Å². The summed E-state index contributed by atoms with van der Waals surface area (Å²) in [7, 11) is 0. The van der Waals surface area contributed by atoms with E-state index in [1.807, 2.05) is 18.3 Å². The van der Waals surface area contributed by atoms with E-state index in [0.29, 0.717) is 0 Å². The molecule has 1 aliphatic heterocycles. The molecule has 0 amide bonds. The molecule has 0 aromatic carbocycles. The summed E-state index contributed by atoms with van der Waals surface area (Å²) in [4.78, 5) is 10.0. The van der Waals surface area contributed by atoms with Crippen LogP contribution in [-0.2, 0) is 6.54 Å². The Morgan fingerprint density at radius 1 is 1.35 bits per heavy atom. The van der Waals surface area contributed by atoms with Gasteiger partial charge in [0.2, 0.25) is 0 Å². The second-order valence-corrected chi connectivity index (χ2v) is 4.26. The first-order chi connectivity index (χ1) is 8.42. The fraction of sp³-hybridized carbons (Fsp3) is 0.417. The zero-order chi connectivity index (χ0) is 11.5. The molecule has 0 radical (unpaired) electrons. The third-order valence-corrected chi connectivity index (χ3v) is 2.99. The first-order valence-electron chi connectivity index (χ1n) is 5.92. The number of H-pyrrole nitrogens is 1. The van der Waals surface area contributed by atoms with Crippen LogP contribution >= 0.6 is 0 Å². The number of nitrogens with one attached hydrogen (secondary N) is 2.